The molecule has 10 rings (SSSR count). The van der Waals surface area contributed by atoms with Crippen LogP contribution in [-0.2, 0) is 32.1 Å². The molecule has 0 saturated carbocycles. The highest BCUT2D eigenvalue weighted by Gasteiger charge is 2.59. The molecule has 7 aromatic heterocycles. The lowest BCUT2D eigenvalue weighted by atomic mass is 10.1. The molecule has 16 N–H and O–H groups in total. The lowest BCUT2D eigenvalue weighted by molar-refractivity contribution is -0.141. The van der Waals surface area contributed by atoms with Crippen LogP contribution < -0.4 is 38.8 Å². The average Bonchev–Trinajstić information content (AvgIpc) is 2.29. The lowest BCUT2D eigenvalue weighted by Crippen LogP contribution is -2.41. The van der Waals surface area contributed by atoms with Crippen molar-refractivity contribution in [1.82, 2.24) is 73.7 Å². The number of H-pyrrole nitrogens is 2. The normalized spacial score (nSPS) is 15.1. The number of aryl methyl sites for hydroxylation is 1. The van der Waals surface area contributed by atoms with E-state index in [1.165, 1.54) is 30.4 Å². The smallest absolute Gasteiger partial charge is 0.351 e. The summed E-state index contributed by atoms with van der Waals surface area (Å²) in [6.07, 6.45) is 4.35. The highest BCUT2D eigenvalue weighted by molar-refractivity contribution is 7.78. The SMILES string of the molecule is CN(Cc1cnc2nc(N)nc(N)c2n1)c1ccc(C(=O)N[C@@H](CCC(=O)O)C(=O)O)cc1.Nc1ccn([C@@H]2O[C@H](CO)[C@@H](O)C2(F)F)c(=O)n1.Nc1nc(=S)c2[nH]cnc2[nH]1.O=C(O)CCCc1ccccc1.Sn1cnc2cncnc21. The first kappa shape index (κ1) is 63.2. The van der Waals surface area contributed by atoms with Gasteiger partial charge >= 0.3 is 29.5 Å². The van der Waals surface area contributed by atoms with Crippen LogP contribution in [0, 0.1) is 4.64 Å². The number of aromatic nitrogens is 14. The number of halogens is 2. The molecule has 442 valence electrons. The number of carboxylic acid groups (broad SMARTS) is 3. The zero-order chi connectivity index (χ0) is 61.3. The van der Waals surface area contributed by atoms with Crippen molar-refractivity contribution in [1.29, 1.82) is 0 Å². The van der Waals surface area contributed by atoms with Gasteiger partial charge in [0.25, 0.3) is 5.91 Å². The Morgan fingerprint density at radius 3 is 2.27 bits per heavy atom. The summed E-state index contributed by atoms with van der Waals surface area (Å²) < 4.78 is 34.7. The number of thiol groups is 1. The van der Waals surface area contributed by atoms with Crippen LogP contribution >= 0.6 is 25.0 Å². The largest absolute Gasteiger partial charge is 0.481 e. The van der Waals surface area contributed by atoms with Crippen molar-refractivity contribution in [3.8, 4) is 0 Å². The number of carbonyl (C=O) groups is 4. The standard InChI is InChI=1S/C20H22N8O5.C10H12O2.C9H11F2N3O4.C5H5N5S.C5H4N4S/c1-28(9-11-8-23-17-15(24-11)16(21)26-20(22)27-17)12-4-2-10(3-5-12)18(31)25-13(19(32)33)6-7-14(29)30;11-10(12)8-4-7-9-5-2-1-3-6-9;10-9(11)6(16)4(3-15)18-7(9)14-2-1-5(12)13-8(14)17;6-5-9-3-2(4(11)10-5)7-1-8-3;10-9-3-8-4-1-6-2-7-5(4)9/h2-5,8,13H,6-7,9H2,1H3,(H,25,31)(H,29,30)(H,32,33)(H4,21,22,23,26,27);1-3,5-6H,4,7-8H2,(H,11,12);1-2,4,6-7,15-16H,3H2,(H2,12,13,17);1H,(H4,6,7,8,9,10,11);1-3,10H/t13-;;4-,6-,7-;;/m0.1../s1. The van der Waals surface area contributed by atoms with Crippen molar-refractivity contribution in [3.63, 3.8) is 0 Å². The van der Waals surface area contributed by atoms with Crippen LogP contribution in [0.4, 0.5) is 38.0 Å². The van der Waals surface area contributed by atoms with Crippen molar-refractivity contribution in [2.75, 3.05) is 41.5 Å². The average molecular weight is 1200 g/mol. The van der Waals surface area contributed by atoms with Crippen LogP contribution in [0.3, 0.4) is 0 Å². The van der Waals surface area contributed by atoms with Gasteiger partial charge < -0.3 is 73.4 Å². The number of alkyl halides is 2. The topological polar surface area (TPSA) is 485 Å². The minimum absolute atomic E-state index is 0.0138. The highest BCUT2D eigenvalue weighted by Crippen LogP contribution is 2.42. The number of carboxylic acids is 3. The third-order valence-electron chi connectivity index (χ3n) is 11.6. The molecule has 4 atom stereocenters. The Balaban J connectivity index is 0.000000185. The number of nitrogens with two attached hydrogens (primary N) is 4. The van der Waals surface area contributed by atoms with Crippen LogP contribution in [-0.4, -0.2) is 156 Å². The fourth-order valence-electron chi connectivity index (χ4n) is 7.46. The number of anilines is 5. The summed E-state index contributed by atoms with van der Waals surface area (Å²) in [6.45, 7) is -0.418. The number of nitrogens with zero attached hydrogens (tertiary/aromatic N) is 13. The second kappa shape index (κ2) is 29.1. The number of ether oxygens (including phenoxy) is 1. The molecule has 31 nitrogen and oxygen atoms in total. The zero-order valence-electron chi connectivity index (χ0n) is 43.9. The Morgan fingerprint density at radius 1 is 0.917 bits per heavy atom. The molecule has 1 saturated heterocycles. The van der Waals surface area contributed by atoms with E-state index in [1.807, 2.05) is 42.3 Å². The first-order chi connectivity index (χ1) is 39.9. The number of nitrogens with one attached hydrogen (secondary N) is 3. The van der Waals surface area contributed by atoms with E-state index in [4.69, 9.17) is 55.2 Å². The Morgan fingerprint density at radius 2 is 1.63 bits per heavy atom. The van der Waals surface area contributed by atoms with Crippen LogP contribution in [0.5, 0.6) is 0 Å². The van der Waals surface area contributed by atoms with E-state index in [1.54, 1.807) is 34.8 Å². The number of aromatic amines is 2. The maximum atomic E-state index is 13.7. The van der Waals surface area contributed by atoms with Crippen molar-refractivity contribution in [2.24, 2.45) is 0 Å². The Labute approximate surface area is 482 Å². The van der Waals surface area contributed by atoms with Gasteiger partial charge in [0, 0.05) is 37.3 Å². The minimum Gasteiger partial charge on any atom is -0.481 e. The van der Waals surface area contributed by atoms with E-state index in [9.17, 15) is 43.0 Å². The van der Waals surface area contributed by atoms with Gasteiger partial charge in [-0.3, -0.25) is 22.9 Å². The van der Waals surface area contributed by atoms with E-state index in [2.05, 4.69) is 77.9 Å². The summed E-state index contributed by atoms with van der Waals surface area (Å²) in [6, 6.07) is 16.2. The lowest BCUT2D eigenvalue weighted by Gasteiger charge is -2.20. The molecule has 2 aromatic carbocycles. The second-order valence-corrected chi connectivity index (χ2v) is 18.5. The van der Waals surface area contributed by atoms with Gasteiger partial charge in [-0.1, -0.05) is 55.4 Å². The first-order valence-electron chi connectivity index (χ1n) is 24.5. The van der Waals surface area contributed by atoms with Crippen molar-refractivity contribution >= 4 is 112 Å². The molecule has 84 heavy (non-hydrogen) atoms. The molecule has 0 bridgehead atoms. The number of hydrogen-bond donors (Lipinski definition) is 13. The molecular formula is C49H54F2N20O11S2. The van der Waals surface area contributed by atoms with Gasteiger partial charge in [0.2, 0.25) is 18.1 Å². The second-order valence-electron chi connectivity index (χ2n) is 17.7. The fraction of sp³-hybridized carbons (Fsp3) is 0.265. The molecule has 0 spiro atoms. The van der Waals surface area contributed by atoms with E-state index in [0.29, 0.717) is 43.8 Å². The number of aliphatic hydroxyl groups excluding tert-OH is 2. The van der Waals surface area contributed by atoms with E-state index >= 15 is 0 Å². The van der Waals surface area contributed by atoms with E-state index < -0.39 is 66.5 Å². The molecule has 0 radical (unpaired) electrons. The maximum Gasteiger partial charge on any atom is 0.351 e. The first-order valence-corrected chi connectivity index (χ1v) is 25.3. The summed E-state index contributed by atoms with van der Waals surface area (Å²) in [7, 11) is 1.82. The third kappa shape index (κ3) is 17.3. The Kier molecular flexibility index (Phi) is 21.9. The Bertz CT molecular complexity index is 3840. The van der Waals surface area contributed by atoms with E-state index in [0.717, 1.165) is 42.0 Å². The van der Waals surface area contributed by atoms with E-state index in [-0.39, 0.29) is 48.4 Å². The van der Waals surface area contributed by atoms with Gasteiger partial charge in [-0.2, -0.15) is 23.7 Å². The molecule has 9 aromatic rings. The third-order valence-corrected chi connectivity index (χ3v) is 12.2. The quantitative estimate of drug-likeness (QED) is 0.0517. The maximum absolute atomic E-state index is 13.7. The fourth-order valence-corrected chi connectivity index (χ4v) is 7.92. The van der Waals surface area contributed by atoms with Crippen LogP contribution in [0.15, 0.2) is 103 Å². The van der Waals surface area contributed by atoms with Crippen LogP contribution in [0.2, 0.25) is 0 Å². The molecule has 1 aliphatic rings. The number of carbonyl (C=O) groups excluding carboxylic acids is 1. The summed E-state index contributed by atoms with van der Waals surface area (Å²) in [5.74, 6) is -7.17. The van der Waals surface area contributed by atoms with Crippen LogP contribution in [0.1, 0.15) is 53.5 Å². The van der Waals surface area contributed by atoms with Crippen molar-refractivity contribution in [2.45, 2.75) is 69.0 Å². The number of aliphatic carboxylic acids is 3. The monoisotopic (exact) mass is 1200 g/mol. The van der Waals surface area contributed by atoms with Crippen molar-refractivity contribution < 1.29 is 58.2 Å². The molecule has 0 unspecified atom stereocenters. The molecule has 35 heteroatoms. The number of imidazole rings is 2. The number of benzene rings is 2. The molecule has 8 heterocycles. The number of hydrogen-bond acceptors (Lipinski definition) is 25. The molecular weight excluding hydrogens is 1150 g/mol. The van der Waals surface area contributed by atoms with Gasteiger partial charge in [0.05, 0.1) is 37.6 Å². The molecule has 0 aliphatic carbocycles. The predicted molar refractivity (Wildman–Crippen MR) is 303 cm³/mol. The molecule has 1 aliphatic heterocycles. The van der Waals surface area contributed by atoms with Gasteiger partial charge in [-0.15, -0.1) is 0 Å². The number of amides is 1. The summed E-state index contributed by atoms with van der Waals surface area (Å²) in [4.78, 5) is 103. The molecule has 1 fully saturated rings. The number of fused-ring (bicyclic) bond motifs is 3. The summed E-state index contributed by atoms with van der Waals surface area (Å²) in [5, 5.41) is 46.7. The zero-order valence-corrected chi connectivity index (χ0v) is 45.6. The number of rotatable bonds is 15. The van der Waals surface area contributed by atoms with Crippen LogP contribution in [0.25, 0.3) is 33.5 Å². The minimum atomic E-state index is -3.71. The van der Waals surface area contributed by atoms with Gasteiger partial charge in [0.1, 0.15) is 41.7 Å². The predicted octanol–water partition coefficient (Wildman–Crippen LogP) is 2.19. The molecule has 1 amide bonds. The number of nitrogen functional groups attached to an aromatic ring is 4. The van der Waals surface area contributed by atoms with Gasteiger partial charge in [0.15, 0.2) is 39.0 Å². The summed E-state index contributed by atoms with van der Waals surface area (Å²) in [5.41, 5.74) is 27.3. The highest BCUT2D eigenvalue weighted by atomic mass is 32.1. The summed E-state index contributed by atoms with van der Waals surface area (Å²) >= 11 is 8.98. The van der Waals surface area contributed by atoms with Gasteiger partial charge in [-0.25, -0.2) is 44.5 Å². The Hall–Kier alpha value is -9.97. The van der Waals surface area contributed by atoms with Gasteiger partial charge in [-0.05, 0) is 55.2 Å². The number of aliphatic hydroxyl groups is 2. The van der Waals surface area contributed by atoms with Crippen molar-refractivity contribution in [3.05, 3.63) is 130 Å².